The fourth-order valence-corrected chi connectivity index (χ4v) is 0.939. The standard InChI is InChI=1S/C9H12N2O2/c1-3-11(2)9(13)7-5-4-6-10-8(7)12/h4-6H,3H2,1-2H3,(H,10,12). The van der Waals surface area contributed by atoms with Crippen molar-refractivity contribution in [3.05, 3.63) is 34.2 Å². The van der Waals surface area contributed by atoms with E-state index < -0.39 is 0 Å². The lowest BCUT2D eigenvalue weighted by Crippen LogP contribution is -2.31. The Bertz CT molecular complexity index is 357. The number of amides is 1. The van der Waals surface area contributed by atoms with Gasteiger partial charge in [-0.3, -0.25) is 9.59 Å². The molecule has 0 aromatic carbocycles. The third-order valence-corrected chi connectivity index (χ3v) is 1.87. The van der Waals surface area contributed by atoms with Gasteiger partial charge in [-0.2, -0.15) is 0 Å². The Kier molecular flexibility index (Phi) is 2.84. The summed E-state index contributed by atoms with van der Waals surface area (Å²) in [6, 6.07) is 3.16. The van der Waals surface area contributed by atoms with E-state index in [2.05, 4.69) is 4.98 Å². The quantitative estimate of drug-likeness (QED) is 0.719. The molecule has 1 aromatic heterocycles. The number of hydrogen-bond donors (Lipinski definition) is 1. The summed E-state index contributed by atoms with van der Waals surface area (Å²) >= 11 is 0. The van der Waals surface area contributed by atoms with Gasteiger partial charge >= 0.3 is 0 Å². The summed E-state index contributed by atoms with van der Waals surface area (Å²) in [5.74, 6) is -0.246. The lowest BCUT2D eigenvalue weighted by Gasteiger charge is -2.13. The molecule has 0 atom stereocenters. The van der Waals surface area contributed by atoms with Crippen molar-refractivity contribution in [2.24, 2.45) is 0 Å². The van der Waals surface area contributed by atoms with Crippen molar-refractivity contribution in [2.45, 2.75) is 6.92 Å². The predicted molar refractivity (Wildman–Crippen MR) is 49.7 cm³/mol. The summed E-state index contributed by atoms with van der Waals surface area (Å²) < 4.78 is 0. The monoisotopic (exact) mass is 180 g/mol. The van der Waals surface area contributed by atoms with Gasteiger partial charge in [-0.15, -0.1) is 0 Å². The predicted octanol–water partition coefficient (Wildman–Crippen LogP) is 0.467. The van der Waals surface area contributed by atoms with Crippen LogP contribution in [0, 0.1) is 0 Å². The number of nitrogens with one attached hydrogen (secondary N) is 1. The molecule has 1 rings (SSSR count). The van der Waals surface area contributed by atoms with E-state index in [1.54, 1.807) is 13.1 Å². The van der Waals surface area contributed by atoms with Gasteiger partial charge in [0.1, 0.15) is 5.56 Å². The van der Waals surface area contributed by atoms with Crippen molar-refractivity contribution in [3.63, 3.8) is 0 Å². The number of hydrogen-bond acceptors (Lipinski definition) is 2. The van der Waals surface area contributed by atoms with Crippen molar-refractivity contribution >= 4 is 5.91 Å². The Morgan fingerprint density at radius 2 is 2.31 bits per heavy atom. The van der Waals surface area contributed by atoms with E-state index in [-0.39, 0.29) is 17.0 Å². The molecule has 0 aliphatic carbocycles. The van der Waals surface area contributed by atoms with Gasteiger partial charge in [-0.25, -0.2) is 0 Å². The number of aromatic nitrogens is 1. The zero-order valence-corrected chi connectivity index (χ0v) is 7.70. The van der Waals surface area contributed by atoms with E-state index in [9.17, 15) is 9.59 Å². The van der Waals surface area contributed by atoms with Crippen LogP contribution in [0.1, 0.15) is 17.3 Å². The van der Waals surface area contributed by atoms with Crippen LogP contribution in [0.3, 0.4) is 0 Å². The highest BCUT2D eigenvalue weighted by atomic mass is 16.2. The number of H-pyrrole nitrogens is 1. The fourth-order valence-electron chi connectivity index (χ4n) is 0.939. The van der Waals surface area contributed by atoms with E-state index in [4.69, 9.17) is 0 Å². The molecule has 13 heavy (non-hydrogen) atoms. The van der Waals surface area contributed by atoms with Gasteiger partial charge in [-0.1, -0.05) is 0 Å². The number of rotatable bonds is 2. The Hall–Kier alpha value is -1.58. The summed E-state index contributed by atoms with van der Waals surface area (Å²) in [6.07, 6.45) is 1.51. The molecule has 1 aromatic rings. The first-order chi connectivity index (χ1) is 6.16. The maximum absolute atomic E-state index is 11.5. The normalized spacial score (nSPS) is 9.69. The summed E-state index contributed by atoms with van der Waals surface area (Å²) in [7, 11) is 1.66. The molecule has 0 radical (unpaired) electrons. The molecule has 1 amide bonds. The molecule has 0 saturated carbocycles. The SMILES string of the molecule is CCN(C)C(=O)c1ccc[nH]c1=O. The molecule has 4 heteroatoms. The Balaban J connectivity index is 3.02. The summed E-state index contributed by atoms with van der Waals surface area (Å²) in [6.45, 7) is 2.45. The number of carbonyl (C=O) groups excluding carboxylic acids is 1. The van der Waals surface area contributed by atoms with E-state index in [1.165, 1.54) is 17.2 Å². The topological polar surface area (TPSA) is 53.2 Å². The van der Waals surface area contributed by atoms with Crippen molar-refractivity contribution < 1.29 is 4.79 Å². The molecule has 0 fully saturated rings. The van der Waals surface area contributed by atoms with Crippen molar-refractivity contribution in [3.8, 4) is 0 Å². The first-order valence-corrected chi connectivity index (χ1v) is 4.10. The minimum atomic E-state index is -0.340. The van der Waals surface area contributed by atoms with E-state index in [0.717, 1.165) is 0 Å². The molecule has 70 valence electrons. The van der Waals surface area contributed by atoms with Gasteiger partial charge in [0, 0.05) is 19.8 Å². The maximum Gasteiger partial charge on any atom is 0.260 e. The molecule has 1 N–H and O–H groups in total. The van der Waals surface area contributed by atoms with Crippen molar-refractivity contribution in [2.75, 3.05) is 13.6 Å². The third kappa shape index (κ3) is 1.96. The second-order valence-corrected chi connectivity index (χ2v) is 2.73. The molecule has 0 spiro atoms. The highest BCUT2D eigenvalue weighted by Crippen LogP contribution is 1.95. The molecule has 0 unspecified atom stereocenters. The van der Waals surface area contributed by atoms with Crippen LogP contribution in [0.25, 0.3) is 0 Å². The first kappa shape index (κ1) is 9.51. The van der Waals surface area contributed by atoms with Crippen LogP contribution < -0.4 is 5.56 Å². The molecule has 0 bridgehead atoms. The Morgan fingerprint density at radius 1 is 1.62 bits per heavy atom. The van der Waals surface area contributed by atoms with Gasteiger partial charge in [0.15, 0.2) is 0 Å². The second kappa shape index (κ2) is 3.89. The van der Waals surface area contributed by atoms with Crippen LogP contribution in [0.4, 0.5) is 0 Å². The van der Waals surface area contributed by atoms with Gasteiger partial charge in [0.25, 0.3) is 11.5 Å². The van der Waals surface area contributed by atoms with Crippen LogP contribution in [0.15, 0.2) is 23.1 Å². The second-order valence-electron chi connectivity index (χ2n) is 2.73. The van der Waals surface area contributed by atoms with Crippen LogP contribution in [-0.2, 0) is 0 Å². The molecule has 0 aliphatic rings. The molecule has 0 aliphatic heterocycles. The molecular weight excluding hydrogens is 168 g/mol. The molecule has 0 saturated heterocycles. The summed E-state index contributed by atoms with van der Waals surface area (Å²) in [5, 5.41) is 0. The highest BCUT2D eigenvalue weighted by molar-refractivity contribution is 5.93. The van der Waals surface area contributed by atoms with E-state index >= 15 is 0 Å². The van der Waals surface area contributed by atoms with Gasteiger partial charge in [0.2, 0.25) is 0 Å². The number of carbonyl (C=O) groups is 1. The maximum atomic E-state index is 11.5. The molecule has 1 heterocycles. The minimum Gasteiger partial charge on any atom is -0.342 e. The first-order valence-electron chi connectivity index (χ1n) is 4.10. The van der Waals surface area contributed by atoms with Crippen LogP contribution in [-0.4, -0.2) is 29.4 Å². The number of nitrogens with zero attached hydrogens (tertiary/aromatic N) is 1. The minimum absolute atomic E-state index is 0.187. The third-order valence-electron chi connectivity index (χ3n) is 1.87. The lowest BCUT2D eigenvalue weighted by atomic mass is 10.2. The van der Waals surface area contributed by atoms with Crippen LogP contribution in [0.5, 0.6) is 0 Å². The van der Waals surface area contributed by atoms with Gasteiger partial charge in [-0.05, 0) is 19.1 Å². The Morgan fingerprint density at radius 3 is 2.85 bits per heavy atom. The molecular formula is C9H12N2O2. The average molecular weight is 180 g/mol. The summed E-state index contributed by atoms with van der Waals surface area (Å²) in [5.41, 5.74) is -0.153. The number of aromatic amines is 1. The largest absolute Gasteiger partial charge is 0.342 e. The fraction of sp³-hybridized carbons (Fsp3) is 0.333. The van der Waals surface area contributed by atoms with E-state index in [1.807, 2.05) is 6.92 Å². The van der Waals surface area contributed by atoms with Crippen LogP contribution in [0.2, 0.25) is 0 Å². The average Bonchev–Trinajstić information content (AvgIpc) is 2.16. The zero-order valence-electron chi connectivity index (χ0n) is 7.70. The Labute approximate surface area is 76.2 Å². The lowest BCUT2D eigenvalue weighted by molar-refractivity contribution is 0.0800. The van der Waals surface area contributed by atoms with Gasteiger partial charge in [0.05, 0.1) is 0 Å². The number of pyridine rings is 1. The highest BCUT2D eigenvalue weighted by Gasteiger charge is 2.12. The van der Waals surface area contributed by atoms with E-state index in [0.29, 0.717) is 6.54 Å². The zero-order chi connectivity index (χ0) is 9.84. The van der Waals surface area contributed by atoms with Crippen LogP contribution >= 0.6 is 0 Å². The van der Waals surface area contributed by atoms with Crippen molar-refractivity contribution in [1.82, 2.24) is 9.88 Å². The smallest absolute Gasteiger partial charge is 0.260 e. The van der Waals surface area contributed by atoms with Crippen molar-refractivity contribution in [1.29, 1.82) is 0 Å². The molecule has 4 nitrogen and oxygen atoms in total. The van der Waals surface area contributed by atoms with Gasteiger partial charge < -0.3 is 9.88 Å². The summed E-state index contributed by atoms with van der Waals surface area (Å²) in [4.78, 5) is 26.6.